The molecule has 1 saturated carbocycles. The van der Waals surface area contributed by atoms with Crippen molar-refractivity contribution in [1.82, 2.24) is 10.3 Å². The predicted octanol–water partition coefficient (Wildman–Crippen LogP) is 3.41. The van der Waals surface area contributed by atoms with Crippen LogP contribution in [-0.4, -0.2) is 24.7 Å². The summed E-state index contributed by atoms with van der Waals surface area (Å²) in [5, 5.41) is 3.45. The van der Waals surface area contributed by atoms with Crippen LogP contribution in [0.1, 0.15) is 18.7 Å². The van der Waals surface area contributed by atoms with E-state index in [0.29, 0.717) is 0 Å². The lowest BCUT2D eigenvalue weighted by molar-refractivity contribution is 0.413. The van der Waals surface area contributed by atoms with Crippen molar-refractivity contribution in [3.8, 4) is 17.1 Å². The molecule has 20 heavy (non-hydrogen) atoms. The van der Waals surface area contributed by atoms with Gasteiger partial charge in [-0.2, -0.15) is 0 Å². The number of aromatic nitrogens is 1. The molecule has 1 aliphatic carbocycles. The molecule has 1 aromatic heterocycles. The number of benzene rings is 1. The largest absolute Gasteiger partial charge is 0.496 e. The maximum absolute atomic E-state index is 5.81. The smallest absolute Gasteiger partial charge is 0.196 e. The van der Waals surface area contributed by atoms with Crippen LogP contribution in [0.15, 0.2) is 33.3 Å². The van der Waals surface area contributed by atoms with Crippen LogP contribution in [0.5, 0.6) is 5.75 Å². The van der Waals surface area contributed by atoms with E-state index in [0.717, 1.165) is 46.4 Å². The number of rotatable bonds is 6. The summed E-state index contributed by atoms with van der Waals surface area (Å²) in [6, 6.07) is 6.58. The van der Waals surface area contributed by atoms with E-state index in [1.54, 1.807) is 13.3 Å². The minimum Gasteiger partial charge on any atom is -0.496 e. The highest BCUT2D eigenvalue weighted by Gasteiger charge is 2.20. The minimum atomic E-state index is 0.719. The van der Waals surface area contributed by atoms with Gasteiger partial charge in [0.15, 0.2) is 11.7 Å². The topological polar surface area (TPSA) is 47.3 Å². The van der Waals surface area contributed by atoms with E-state index in [1.165, 1.54) is 12.8 Å². The van der Waals surface area contributed by atoms with Gasteiger partial charge in [-0.25, -0.2) is 4.98 Å². The van der Waals surface area contributed by atoms with Crippen molar-refractivity contribution < 1.29 is 9.15 Å². The quantitative estimate of drug-likeness (QED) is 0.878. The van der Waals surface area contributed by atoms with Gasteiger partial charge in [-0.3, -0.25) is 0 Å². The van der Waals surface area contributed by atoms with Gasteiger partial charge >= 0.3 is 0 Å². The Morgan fingerprint density at radius 2 is 2.30 bits per heavy atom. The molecular formula is C15H17BrN2O2. The second kappa shape index (κ2) is 5.97. The van der Waals surface area contributed by atoms with Gasteiger partial charge in [0.25, 0.3) is 0 Å². The second-order valence-electron chi connectivity index (χ2n) is 4.94. The molecule has 0 aliphatic heterocycles. The number of nitrogens with one attached hydrogen (secondary N) is 1. The number of hydrogen-bond acceptors (Lipinski definition) is 4. The van der Waals surface area contributed by atoms with E-state index >= 15 is 0 Å². The van der Waals surface area contributed by atoms with Gasteiger partial charge in [0.1, 0.15) is 5.75 Å². The summed E-state index contributed by atoms with van der Waals surface area (Å²) in [6.07, 6.45) is 5.17. The van der Waals surface area contributed by atoms with Gasteiger partial charge in [-0.15, -0.1) is 0 Å². The molecule has 1 heterocycles. The molecule has 1 aromatic carbocycles. The summed E-state index contributed by atoms with van der Waals surface area (Å²) in [6.45, 7) is 0.919. The Kier molecular flexibility index (Phi) is 4.08. The molecule has 1 aliphatic rings. The molecule has 0 spiro atoms. The molecule has 5 heteroatoms. The fourth-order valence-electron chi connectivity index (χ4n) is 2.09. The molecule has 4 nitrogen and oxygen atoms in total. The molecule has 0 saturated heterocycles. The number of ether oxygens (including phenoxy) is 1. The van der Waals surface area contributed by atoms with Crippen molar-refractivity contribution in [3.63, 3.8) is 0 Å². The van der Waals surface area contributed by atoms with E-state index in [2.05, 4.69) is 26.2 Å². The number of halogens is 1. The first-order chi connectivity index (χ1) is 9.76. The molecule has 106 valence electrons. The zero-order valence-corrected chi connectivity index (χ0v) is 12.9. The third-order valence-corrected chi connectivity index (χ3v) is 3.83. The Morgan fingerprint density at radius 3 is 3.05 bits per heavy atom. The lowest BCUT2D eigenvalue weighted by Crippen LogP contribution is -2.19. The van der Waals surface area contributed by atoms with Crippen molar-refractivity contribution in [2.24, 2.45) is 0 Å². The Balaban J connectivity index is 1.71. The summed E-state index contributed by atoms with van der Waals surface area (Å²) < 4.78 is 12.2. The van der Waals surface area contributed by atoms with E-state index in [9.17, 15) is 0 Å². The van der Waals surface area contributed by atoms with Crippen LogP contribution in [0.2, 0.25) is 0 Å². The zero-order valence-electron chi connectivity index (χ0n) is 11.4. The second-order valence-corrected chi connectivity index (χ2v) is 5.86. The summed E-state index contributed by atoms with van der Waals surface area (Å²) in [4.78, 5) is 4.33. The minimum absolute atomic E-state index is 0.719. The average molecular weight is 337 g/mol. The fourth-order valence-corrected chi connectivity index (χ4v) is 2.43. The standard InChI is InChI=1S/C15H17BrN2O2/c1-19-13-8-10(16)2-5-12(13)14-9-18-15(20-14)6-7-17-11-3-4-11/h2,5,8-9,11,17H,3-4,6-7H2,1H3. The molecule has 0 amide bonds. The molecule has 0 atom stereocenters. The predicted molar refractivity (Wildman–Crippen MR) is 80.9 cm³/mol. The van der Waals surface area contributed by atoms with Crippen LogP contribution < -0.4 is 10.1 Å². The van der Waals surface area contributed by atoms with Crippen molar-refractivity contribution >= 4 is 15.9 Å². The van der Waals surface area contributed by atoms with Crippen LogP contribution >= 0.6 is 15.9 Å². The van der Waals surface area contributed by atoms with Crippen molar-refractivity contribution in [2.75, 3.05) is 13.7 Å². The normalized spacial score (nSPS) is 14.5. The van der Waals surface area contributed by atoms with Crippen LogP contribution in [-0.2, 0) is 6.42 Å². The third-order valence-electron chi connectivity index (χ3n) is 3.33. The number of methoxy groups -OCH3 is 1. The van der Waals surface area contributed by atoms with Gasteiger partial charge in [0.2, 0.25) is 0 Å². The zero-order chi connectivity index (χ0) is 13.9. The SMILES string of the molecule is COc1cc(Br)ccc1-c1cnc(CCNC2CC2)o1. The molecule has 2 aromatic rings. The van der Waals surface area contributed by atoms with Crippen LogP contribution in [0.25, 0.3) is 11.3 Å². The fraction of sp³-hybridized carbons (Fsp3) is 0.400. The van der Waals surface area contributed by atoms with Gasteiger partial charge in [-0.1, -0.05) is 15.9 Å². The summed E-state index contributed by atoms with van der Waals surface area (Å²) in [5.41, 5.74) is 0.921. The van der Waals surface area contributed by atoms with E-state index in [1.807, 2.05) is 18.2 Å². The molecule has 0 bridgehead atoms. The molecule has 1 N–H and O–H groups in total. The number of nitrogens with zero attached hydrogens (tertiary/aromatic N) is 1. The van der Waals surface area contributed by atoms with Crippen LogP contribution in [0.4, 0.5) is 0 Å². The highest BCUT2D eigenvalue weighted by atomic mass is 79.9. The monoisotopic (exact) mass is 336 g/mol. The maximum atomic E-state index is 5.81. The molecule has 0 unspecified atom stereocenters. The molecule has 0 radical (unpaired) electrons. The summed E-state index contributed by atoms with van der Waals surface area (Å²) >= 11 is 3.43. The third kappa shape index (κ3) is 3.22. The first-order valence-corrected chi connectivity index (χ1v) is 7.57. The Labute approximate surface area is 126 Å². The number of oxazole rings is 1. The Morgan fingerprint density at radius 1 is 1.45 bits per heavy atom. The highest BCUT2D eigenvalue weighted by Crippen LogP contribution is 2.32. The van der Waals surface area contributed by atoms with E-state index in [4.69, 9.17) is 9.15 Å². The maximum Gasteiger partial charge on any atom is 0.196 e. The van der Waals surface area contributed by atoms with Crippen molar-refractivity contribution in [2.45, 2.75) is 25.3 Å². The molecular weight excluding hydrogens is 320 g/mol. The van der Waals surface area contributed by atoms with E-state index in [-0.39, 0.29) is 0 Å². The van der Waals surface area contributed by atoms with Crippen LogP contribution in [0.3, 0.4) is 0 Å². The Hall–Kier alpha value is -1.33. The molecule has 1 fully saturated rings. The number of hydrogen-bond donors (Lipinski definition) is 1. The molecule has 3 rings (SSSR count). The van der Waals surface area contributed by atoms with Crippen LogP contribution in [0, 0.1) is 0 Å². The van der Waals surface area contributed by atoms with Gasteiger partial charge in [0, 0.05) is 23.5 Å². The average Bonchev–Trinajstić information content (AvgIpc) is 3.16. The van der Waals surface area contributed by atoms with Gasteiger partial charge < -0.3 is 14.5 Å². The van der Waals surface area contributed by atoms with Gasteiger partial charge in [-0.05, 0) is 31.0 Å². The summed E-state index contributed by atoms with van der Waals surface area (Å²) in [7, 11) is 1.65. The van der Waals surface area contributed by atoms with Crippen molar-refractivity contribution in [3.05, 3.63) is 34.8 Å². The lowest BCUT2D eigenvalue weighted by atomic mass is 10.1. The first-order valence-electron chi connectivity index (χ1n) is 6.78. The van der Waals surface area contributed by atoms with Gasteiger partial charge in [0.05, 0.1) is 18.9 Å². The highest BCUT2D eigenvalue weighted by molar-refractivity contribution is 9.10. The first kappa shape index (κ1) is 13.6. The van der Waals surface area contributed by atoms with Crippen molar-refractivity contribution in [1.29, 1.82) is 0 Å². The lowest BCUT2D eigenvalue weighted by Gasteiger charge is -2.06. The summed E-state index contributed by atoms with van der Waals surface area (Å²) in [5.74, 6) is 2.28. The Bertz CT molecular complexity index is 593. The van der Waals surface area contributed by atoms with E-state index < -0.39 is 0 Å².